The molecule has 2 rings (SSSR count). The average molecular weight is 283 g/mol. The van der Waals surface area contributed by atoms with Gasteiger partial charge in [-0.25, -0.2) is 0 Å². The fourth-order valence-corrected chi connectivity index (χ4v) is 2.11. The molecule has 0 saturated heterocycles. The van der Waals surface area contributed by atoms with Gasteiger partial charge in [-0.2, -0.15) is 0 Å². The Hall–Kier alpha value is -2.20. The molecule has 3 N–H and O–H groups in total. The first-order valence-corrected chi connectivity index (χ1v) is 7.22. The number of aromatic nitrogens is 1. The van der Waals surface area contributed by atoms with Gasteiger partial charge in [0, 0.05) is 18.9 Å². The van der Waals surface area contributed by atoms with Gasteiger partial charge in [-0.15, -0.1) is 0 Å². The zero-order valence-electron chi connectivity index (χ0n) is 12.0. The second-order valence-electron chi connectivity index (χ2n) is 5.03. The third-order valence-electron chi connectivity index (χ3n) is 3.36. The van der Waals surface area contributed by atoms with E-state index in [9.17, 15) is 4.79 Å². The van der Waals surface area contributed by atoms with Gasteiger partial charge >= 0.3 is 0 Å². The first-order chi connectivity index (χ1) is 10.3. The number of hydrogen-bond donors (Lipinski definition) is 2. The summed E-state index contributed by atoms with van der Waals surface area (Å²) < 4.78 is 0. The van der Waals surface area contributed by atoms with Gasteiger partial charge in [0.2, 0.25) is 5.91 Å². The largest absolute Gasteiger partial charge is 0.354 e. The van der Waals surface area contributed by atoms with Crippen LogP contribution in [0.1, 0.15) is 17.5 Å². The Morgan fingerprint density at radius 3 is 2.57 bits per heavy atom. The number of carbonyl (C=O) groups is 1. The summed E-state index contributed by atoms with van der Waals surface area (Å²) >= 11 is 0. The minimum Gasteiger partial charge on any atom is -0.354 e. The third-order valence-corrected chi connectivity index (χ3v) is 3.36. The van der Waals surface area contributed by atoms with Crippen LogP contribution < -0.4 is 11.1 Å². The van der Waals surface area contributed by atoms with Gasteiger partial charge in [-0.05, 0) is 36.5 Å². The molecule has 21 heavy (non-hydrogen) atoms. The highest BCUT2D eigenvalue weighted by molar-refractivity contribution is 5.81. The normalized spacial score (nSPS) is 11.9. The van der Waals surface area contributed by atoms with Crippen molar-refractivity contribution in [2.24, 2.45) is 5.73 Å². The maximum absolute atomic E-state index is 11.9. The standard InChI is InChI=1S/C17H21N3O/c18-16(9-8-14-5-2-1-3-6-14)17(21)20-12-10-15-7-4-11-19-13-15/h1-7,11,13,16H,8-10,12,18H2,(H,20,21)/t16-/m0/s1. The van der Waals surface area contributed by atoms with Gasteiger partial charge in [0.05, 0.1) is 6.04 Å². The quantitative estimate of drug-likeness (QED) is 0.812. The highest BCUT2D eigenvalue weighted by Crippen LogP contribution is 2.04. The molecule has 1 aromatic heterocycles. The molecular weight excluding hydrogens is 262 g/mol. The molecule has 0 spiro atoms. The van der Waals surface area contributed by atoms with Crippen LogP contribution in [0.25, 0.3) is 0 Å². The van der Waals surface area contributed by atoms with Gasteiger partial charge in [-0.3, -0.25) is 9.78 Å². The Morgan fingerprint density at radius 2 is 1.86 bits per heavy atom. The van der Waals surface area contributed by atoms with E-state index in [-0.39, 0.29) is 5.91 Å². The Bertz CT molecular complexity index is 542. The van der Waals surface area contributed by atoms with Crippen molar-refractivity contribution in [1.82, 2.24) is 10.3 Å². The zero-order valence-corrected chi connectivity index (χ0v) is 12.0. The van der Waals surface area contributed by atoms with Crippen molar-refractivity contribution in [2.75, 3.05) is 6.54 Å². The predicted octanol–water partition coefficient (Wildman–Crippen LogP) is 1.70. The van der Waals surface area contributed by atoms with Crippen LogP contribution in [-0.2, 0) is 17.6 Å². The molecule has 1 amide bonds. The first-order valence-electron chi connectivity index (χ1n) is 7.22. The lowest BCUT2D eigenvalue weighted by Crippen LogP contribution is -2.41. The van der Waals surface area contributed by atoms with Crippen LogP contribution in [0, 0.1) is 0 Å². The molecular formula is C17H21N3O. The molecule has 0 radical (unpaired) electrons. The second-order valence-corrected chi connectivity index (χ2v) is 5.03. The van der Waals surface area contributed by atoms with Crippen molar-refractivity contribution in [3.8, 4) is 0 Å². The van der Waals surface area contributed by atoms with Gasteiger partial charge in [0.15, 0.2) is 0 Å². The number of benzene rings is 1. The topological polar surface area (TPSA) is 68.0 Å². The van der Waals surface area contributed by atoms with Gasteiger partial charge in [0.25, 0.3) is 0 Å². The Labute approximate surface area is 125 Å². The minimum atomic E-state index is -0.459. The number of nitrogens with zero attached hydrogens (tertiary/aromatic N) is 1. The second kappa shape index (κ2) is 8.17. The zero-order chi connectivity index (χ0) is 14.9. The molecule has 0 saturated carbocycles. The summed E-state index contributed by atoms with van der Waals surface area (Å²) in [6, 6.07) is 13.5. The molecule has 0 unspecified atom stereocenters. The fraction of sp³-hybridized carbons (Fsp3) is 0.294. The van der Waals surface area contributed by atoms with E-state index in [4.69, 9.17) is 5.73 Å². The monoisotopic (exact) mass is 283 g/mol. The number of hydrogen-bond acceptors (Lipinski definition) is 3. The summed E-state index contributed by atoms with van der Waals surface area (Å²) in [7, 11) is 0. The average Bonchev–Trinajstić information content (AvgIpc) is 2.54. The van der Waals surface area contributed by atoms with Crippen LogP contribution in [0.3, 0.4) is 0 Å². The number of aryl methyl sites for hydroxylation is 1. The van der Waals surface area contributed by atoms with Gasteiger partial charge in [0.1, 0.15) is 0 Å². The summed E-state index contributed by atoms with van der Waals surface area (Å²) in [6.45, 7) is 0.587. The van der Waals surface area contributed by atoms with Crippen molar-refractivity contribution in [2.45, 2.75) is 25.3 Å². The lowest BCUT2D eigenvalue weighted by Gasteiger charge is -2.12. The number of carbonyl (C=O) groups excluding carboxylic acids is 1. The Balaban J connectivity index is 1.68. The van der Waals surface area contributed by atoms with Crippen LogP contribution in [0.5, 0.6) is 0 Å². The molecule has 0 fully saturated rings. The molecule has 4 heteroatoms. The summed E-state index contributed by atoms with van der Waals surface area (Å²) in [5, 5.41) is 2.88. The highest BCUT2D eigenvalue weighted by Gasteiger charge is 2.12. The van der Waals surface area contributed by atoms with E-state index in [1.54, 1.807) is 6.20 Å². The number of amides is 1. The van der Waals surface area contributed by atoms with E-state index < -0.39 is 6.04 Å². The summed E-state index contributed by atoms with van der Waals surface area (Å²) in [5.74, 6) is -0.0881. The molecule has 0 aliphatic heterocycles. The number of nitrogens with two attached hydrogens (primary N) is 1. The first kappa shape index (κ1) is 15.2. The van der Waals surface area contributed by atoms with Crippen molar-refractivity contribution in [3.63, 3.8) is 0 Å². The number of rotatable bonds is 7. The molecule has 1 atom stereocenters. The minimum absolute atomic E-state index is 0.0881. The predicted molar refractivity (Wildman–Crippen MR) is 83.7 cm³/mol. The van der Waals surface area contributed by atoms with E-state index >= 15 is 0 Å². The van der Waals surface area contributed by atoms with Crippen molar-refractivity contribution in [1.29, 1.82) is 0 Å². The SMILES string of the molecule is N[C@@H](CCc1ccccc1)C(=O)NCCc1cccnc1. The third kappa shape index (κ3) is 5.36. The smallest absolute Gasteiger partial charge is 0.236 e. The molecule has 2 aromatic rings. The van der Waals surface area contributed by atoms with Crippen molar-refractivity contribution in [3.05, 3.63) is 66.0 Å². The lowest BCUT2D eigenvalue weighted by molar-refractivity contribution is -0.122. The molecule has 0 aliphatic carbocycles. The maximum Gasteiger partial charge on any atom is 0.236 e. The summed E-state index contributed by atoms with van der Waals surface area (Å²) in [6.07, 6.45) is 5.79. The molecule has 1 aromatic carbocycles. The van der Waals surface area contributed by atoms with Crippen LogP contribution >= 0.6 is 0 Å². The summed E-state index contributed by atoms with van der Waals surface area (Å²) in [4.78, 5) is 15.9. The van der Waals surface area contributed by atoms with E-state index in [1.165, 1.54) is 5.56 Å². The molecule has 110 valence electrons. The van der Waals surface area contributed by atoms with Crippen molar-refractivity contribution < 1.29 is 4.79 Å². The number of nitrogens with one attached hydrogen (secondary N) is 1. The summed E-state index contributed by atoms with van der Waals surface area (Å²) in [5.41, 5.74) is 8.23. The van der Waals surface area contributed by atoms with E-state index in [2.05, 4.69) is 10.3 Å². The highest BCUT2D eigenvalue weighted by atomic mass is 16.2. The fourth-order valence-electron chi connectivity index (χ4n) is 2.11. The van der Waals surface area contributed by atoms with Gasteiger partial charge in [-0.1, -0.05) is 36.4 Å². The Kier molecular flexibility index (Phi) is 5.91. The molecule has 0 bridgehead atoms. The number of pyridine rings is 1. The van der Waals surface area contributed by atoms with Crippen LogP contribution in [-0.4, -0.2) is 23.5 Å². The molecule has 4 nitrogen and oxygen atoms in total. The lowest BCUT2D eigenvalue weighted by atomic mass is 10.1. The van der Waals surface area contributed by atoms with Crippen LogP contribution in [0.2, 0.25) is 0 Å². The maximum atomic E-state index is 11.9. The van der Waals surface area contributed by atoms with E-state index in [0.717, 1.165) is 18.4 Å². The molecule has 1 heterocycles. The van der Waals surface area contributed by atoms with Crippen LogP contribution in [0.15, 0.2) is 54.9 Å². The van der Waals surface area contributed by atoms with Gasteiger partial charge < -0.3 is 11.1 Å². The van der Waals surface area contributed by atoms with E-state index in [1.807, 2.05) is 48.7 Å². The Morgan fingerprint density at radius 1 is 1.10 bits per heavy atom. The van der Waals surface area contributed by atoms with Crippen LogP contribution in [0.4, 0.5) is 0 Å². The van der Waals surface area contributed by atoms with E-state index in [0.29, 0.717) is 13.0 Å². The van der Waals surface area contributed by atoms with Crippen molar-refractivity contribution >= 4 is 5.91 Å². The molecule has 0 aliphatic rings.